The van der Waals surface area contributed by atoms with E-state index in [4.69, 9.17) is 0 Å². The Morgan fingerprint density at radius 3 is 2.33 bits per heavy atom. The van der Waals surface area contributed by atoms with Crippen molar-refractivity contribution in [2.75, 3.05) is 0 Å². The maximum atomic E-state index is 11.6. The Labute approximate surface area is 91.5 Å². The van der Waals surface area contributed by atoms with Gasteiger partial charge < -0.3 is 0 Å². The highest BCUT2D eigenvalue weighted by atomic mass is 16.1. The van der Waals surface area contributed by atoms with Gasteiger partial charge in [-0.15, -0.1) is 0 Å². The maximum Gasteiger partial charge on any atom is 0.140 e. The molecule has 1 fully saturated rings. The first-order valence-corrected chi connectivity index (χ1v) is 5.81. The molecule has 1 saturated carbocycles. The van der Waals surface area contributed by atoms with Gasteiger partial charge in [0, 0.05) is 12.3 Å². The third-order valence-electron chi connectivity index (χ3n) is 3.31. The Bertz CT molecular complexity index is 348. The number of Topliss-reactive ketones (excluding diaryl/α,β-unsaturated/α-hetero) is 1. The number of carbonyl (C=O) groups is 1. The van der Waals surface area contributed by atoms with Crippen molar-refractivity contribution < 1.29 is 4.79 Å². The van der Waals surface area contributed by atoms with Crippen LogP contribution in [0.3, 0.4) is 0 Å². The minimum Gasteiger partial charge on any atom is -0.299 e. The van der Waals surface area contributed by atoms with Gasteiger partial charge in [0.25, 0.3) is 0 Å². The van der Waals surface area contributed by atoms with Crippen LogP contribution in [0.4, 0.5) is 0 Å². The van der Waals surface area contributed by atoms with Crippen molar-refractivity contribution in [2.24, 2.45) is 0 Å². The fourth-order valence-corrected chi connectivity index (χ4v) is 2.28. The summed E-state index contributed by atoms with van der Waals surface area (Å²) in [6.45, 7) is 4.38. The number of benzene rings is 1. The predicted octanol–water partition coefficient (Wildman–Crippen LogP) is 3.65. The van der Waals surface area contributed by atoms with Crippen LogP contribution in [0.25, 0.3) is 0 Å². The summed E-state index contributed by atoms with van der Waals surface area (Å²) in [5, 5.41) is 0. The van der Waals surface area contributed by atoms with E-state index in [1.54, 1.807) is 0 Å². The molecule has 1 aromatic rings. The van der Waals surface area contributed by atoms with E-state index in [-0.39, 0.29) is 5.92 Å². The molecule has 0 heterocycles. The summed E-state index contributed by atoms with van der Waals surface area (Å²) in [7, 11) is 0. The molecule has 1 heteroatoms. The molecule has 1 atom stereocenters. The summed E-state index contributed by atoms with van der Waals surface area (Å²) in [5.74, 6) is 1.18. The van der Waals surface area contributed by atoms with Crippen molar-refractivity contribution in [2.45, 2.75) is 44.9 Å². The van der Waals surface area contributed by atoms with Gasteiger partial charge in [0.2, 0.25) is 0 Å². The Balaban J connectivity index is 2.19. The topological polar surface area (TPSA) is 17.1 Å². The van der Waals surface area contributed by atoms with Gasteiger partial charge in [-0.2, -0.15) is 0 Å². The van der Waals surface area contributed by atoms with Crippen LogP contribution in [0.15, 0.2) is 24.3 Å². The molecule has 0 N–H and O–H groups in total. The van der Waals surface area contributed by atoms with E-state index >= 15 is 0 Å². The molecule has 0 aliphatic heterocycles. The summed E-state index contributed by atoms with van der Waals surface area (Å²) >= 11 is 0. The molecule has 1 aliphatic carbocycles. The largest absolute Gasteiger partial charge is 0.299 e. The molecule has 15 heavy (non-hydrogen) atoms. The van der Waals surface area contributed by atoms with Crippen molar-refractivity contribution >= 4 is 5.78 Å². The molecular formula is C14H18O. The van der Waals surface area contributed by atoms with Gasteiger partial charge in [-0.3, -0.25) is 4.79 Å². The second kappa shape index (κ2) is 4.18. The van der Waals surface area contributed by atoms with Crippen LogP contribution in [0.5, 0.6) is 0 Å². The summed E-state index contributed by atoms with van der Waals surface area (Å²) in [6.07, 6.45) is 2.88. The summed E-state index contributed by atoms with van der Waals surface area (Å²) in [5.41, 5.74) is 2.56. The van der Waals surface area contributed by atoms with Crippen molar-refractivity contribution in [1.29, 1.82) is 0 Å². The minimum absolute atomic E-state index is 0.186. The molecule has 1 unspecified atom stereocenters. The van der Waals surface area contributed by atoms with E-state index in [0.717, 1.165) is 19.3 Å². The second-order valence-corrected chi connectivity index (χ2v) is 4.73. The van der Waals surface area contributed by atoms with Gasteiger partial charge >= 0.3 is 0 Å². The zero-order valence-electron chi connectivity index (χ0n) is 9.49. The summed E-state index contributed by atoms with van der Waals surface area (Å²) in [6, 6.07) is 8.57. The van der Waals surface area contributed by atoms with E-state index in [0.29, 0.717) is 11.7 Å². The average Bonchev–Trinajstić information content (AvgIpc) is 2.65. The Morgan fingerprint density at radius 1 is 1.20 bits per heavy atom. The Kier molecular flexibility index (Phi) is 2.90. The first-order valence-electron chi connectivity index (χ1n) is 5.81. The van der Waals surface area contributed by atoms with Crippen molar-refractivity contribution in [3.05, 3.63) is 35.4 Å². The molecule has 0 saturated heterocycles. The highest BCUT2D eigenvalue weighted by molar-refractivity contribution is 5.87. The van der Waals surface area contributed by atoms with Gasteiger partial charge in [-0.1, -0.05) is 38.1 Å². The van der Waals surface area contributed by atoms with Crippen LogP contribution in [0, 0.1) is 0 Å². The lowest BCUT2D eigenvalue weighted by Crippen LogP contribution is -2.04. The van der Waals surface area contributed by atoms with E-state index in [1.807, 2.05) is 0 Å². The average molecular weight is 202 g/mol. The fraction of sp³-hybridized carbons (Fsp3) is 0.500. The quantitative estimate of drug-likeness (QED) is 0.715. The molecule has 0 bridgehead atoms. The molecule has 0 aromatic heterocycles. The smallest absolute Gasteiger partial charge is 0.140 e. The van der Waals surface area contributed by atoms with Crippen LogP contribution >= 0.6 is 0 Å². The molecule has 1 aromatic carbocycles. The van der Waals surface area contributed by atoms with Crippen molar-refractivity contribution in [1.82, 2.24) is 0 Å². The second-order valence-electron chi connectivity index (χ2n) is 4.73. The highest BCUT2D eigenvalue weighted by Gasteiger charge is 2.25. The third-order valence-corrected chi connectivity index (χ3v) is 3.31. The fourth-order valence-electron chi connectivity index (χ4n) is 2.28. The van der Waals surface area contributed by atoms with Gasteiger partial charge in [-0.05, 0) is 29.9 Å². The van der Waals surface area contributed by atoms with Crippen LogP contribution in [0.2, 0.25) is 0 Å². The summed E-state index contributed by atoms with van der Waals surface area (Å²) in [4.78, 5) is 11.6. The standard InChI is InChI=1S/C14H18O/c1-10(2)11-6-8-12(9-7-11)13-4-3-5-14(13)15/h6-10,13H,3-5H2,1-2H3. The lowest BCUT2D eigenvalue weighted by atomic mass is 9.94. The first-order chi connectivity index (χ1) is 7.18. The summed E-state index contributed by atoms with van der Waals surface area (Å²) < 4.78 is 0. The molecule has 1 aliphatic rings. The minimum atomic E-state index is 0.186. The number of hydrogen-bond donors (Lipinski definition) is 0. The highest BCUT2D eigenvalue weighted by Crippen LogP contribution is 2.31. The Hall–Kier alpha value is -1.11. The van der Waals surface area contributed by atoms with E-state index in [9.17, 15) is 4.79 Å². The van der Waals surface area contributed by atoms with Gasteiger partial charge in [0.1, 0.15) is 5.78 Å². The number of ketones is 1. The first kappa shape index (κ1) is 10.4. The van der Waals surface area contributed by atoms with Crippen LogP contribution in [-0.4, -0.2) is 5.78 Å². The van der Waals surface area contributed by atoms with Crippen LogP contribution in [-0.2, 0) is 4.79 Å². The maximum absolute atomic E-state index is 11.6. The normalized spacial score (nSPS) is 21.3. The lowest BCUT2D eigenvalue weighted by molar-refractivity contribution is -0.118. The zero-order chi connectivity index (χ0) is 10.8. The van der Waals surface area contributed by atoms with Crippen LogP contribution in [0.1, 0.15) is 56.1 Å². The molecule has 80 valence electrons. The third kappa shape index (κ3) is 2.11. The zero-order valence-corrected chi connectivity index (χ0v) is 9.49. The van der Waals surface area contributed by atoms with Gasteiger partial charge in [0.05, 0.1) is 0 Å². The van der Waals surface area contributed by atoms with E-state index in [2.05, 4.69) is 38.1 Å². The number of rotatable bonds is 2. The van der Waals surface area contributed by atoms with Gasteiger partial charge in [0.15, 0.2) is 0 Å². The van der Waals surface area contributed by atoms with Crippen molar-refractivity contribution in [3.63, 3.8) is 0 Å². The van der Waals surface area contributed by atoms with E-state index in [1.165, 1.54) is 11.1 Å². The lowest BCUT2D eigenvalue weighted by Gasteiger charge is -2.10. The van der Waals surface area contributed by atoms with Crippen molar-refractivity contribution in [3.8, 4) is 0 Å². The molecule has 2 rings (SSSR count). The van der Waals surface area contributed by atoms with E-state index < -0.39 is 0 Å². The molecule has 0 spiro atoms. The van der Waals surface area contributed by atoms with Crippen LogP contribution < -0.4 is 0 Å². The number of carbonyl (C=O) groups excluding carboxylic acids is 1. The molecular weight excluding hydrogens is 184 g/mol. The molecule has 0 amide bonds. The number of hydrogen-bond acceptors (Lipinski definition) is 1. The molecule has 0 radical (unpaired) electrons. The predicted molar refractivity (Wildman–Crippen MR) is 62.1 cm³/mol. The Morgan fingerprint density at radius 2 is 1.87 bits per heavy atom. The monoisotopic (exact) mass is 202 g/mol. The SMILES string of the molecule is CC(C)c1ccc(C2CCCC2=O)cc1. The molecule has 1 nitrogen and oxygen atoms in total. The van der Waals surface area contributed by atoms with Gasteiger partial charge in [-0.25, -0.2) is 0 Å².